The quantitative estimate of drug-likeness (QED) is 0.858. The topological polar surface area (TPSA) is 62.0 Å². The second-order valence-electron chi connectivity index (χ2n) is 5.13. The maximum absolute atomic E-state index is 12.0. The standard InChI is InChI=1S/C14H20N2O2/c1-3-10-4-6-12(9(10)2)16-14(18)11-5-7-13(17)15-8-11/h5,7-10,12H,3-4,6H2,1-2H3,(H,15,17)(H,16,18). The molecule has 18 heavy (non-hydrogen) atoms. The minimum absolute atomic E-state index is 0.0974. The van der Waals surface area contributed by atoms with E-state index < -0.39 is 0 Å². The lowest BCUT2D eigenvalue weighted by Crippen LogP contribution is -2.37. The lowest BCUT2D eigenvalue weighted by atomic mass is 9.93. The van der Waals surface area contributed by atoms with Gasteiger partial charge < -0.3 is 10.3 Å². The molecule has 3 atom stereocenters. The molecule has 1 aliphatic rings. The summed E-state index contributed by atoms with van der Waals surface area (Å²) in [5.74, 6) is 1.15. The molecule has 2 N–H and O–H groups in total. The van der Waals surface area contributed by atoms with Crippen LogP contribution in [0.25, 0.3) is 0 Å². The average Bonchev–Trinajstić information content (AvgIpc) is 2.71. The average molecular weight is 248 g/mol. The molecule has 0 bridgehead atoms. The second kappa shape index (κ2) is 5.38. The van der Waals surface area contributed by atoms with Crippen molar-refractivity contribution < 1.29 is 4.79 Å². The lowest BCUT2D eigenvalue weighted by Gasteiger charge is -2.20. The van der Waals surface area contributed by atoms with Crippen molar-refractivity contribution in [2.24, 2.45) is 11.8 Å². The van der Waals surface area contributed by atoms with Crippen molar-refractivity contribution in [3.05, 3.63) is 34.2 Å². The number of carbonyl (C=O) groups is 1. The summed E-state index contributed by atoms with van der Waals surface area (Å²) in [6.45, 7) is 4.41. The predicted molar refractivity (Wildman–Crippen MR) is 70.5 cm³/mol. The molecular formula is C14H20N2O2. The number of aromatic amines is 1. The van der Waals surface area contributed by atoms with Crippen LogP contribution < -0.4 is 10.9 Å². The first kappa shape index (κ1) is 12.9. The molecular weight excluding hydrogens is 228 g/mol. The van der Waals surface area contributed by atoms with Crippen LogP contribution in [0.5, 0.6) is 0 Å². The van der Waals surface area contributed by atoms with Crippen molar-refractivity contribution in [1.82, 2.24) is 10.3 Å². The Kier molecular flexibility index (Phi) is 3.84. The molecule has 1 aliphatic carbocycles. The number of hydrogen-bond acceptors (Lipinski definition) is 2. The highest BCUT2D eigenvalue weighted by molar-refractivity contribution is 5.94. The van der Waals surface area contributed by atoms with Crippen LogP contribution in [-0.4, -0.2) is 16.9 Å². The number of carbonyl (C=O) groups excluding carboxylic acids is 1. The first-order valence-corrected chi connectivity index (χ1v) is 6.61. The van der Waals surface area contributed by atoms with E-state index in [0.717, 1.165) is 6.42 Å². The first-order chi connectivity index (χ1) is 8.61. The Morgan fingerprint density at radius 3 is 2.78 bits per heavy atom. The van der Waals surface area contributed by atoms with Gasteiger partial charge in [0.1, 0.15) is 0 Å². The minimum atomic E-state index is -0.188. The number of rotatable bonds is 3. The largest absolute Gasteiger partial charge is 0.349 e. The van der Waals surface area contributed by atoms with Crippen LogP contribution in [0.1, 0.15) is 43.5 Å². The van der Waals surface area contributed by atoms with E-state index in [0.29, 0.717) is 17.4 Å². The van der Waals surface area contributed by atoms with Gasteiger partial charge in [-0.25, -0.2) is 0 Å². The summed E-state index contributed by atoms with van der Waals surface area (Å²) in [5, 5.41) is 3.07. The summed E-state index contributed by atoms with van der Waals surface area (Å²) in [7, 11) is 0. The van der Waals surface area contributed by atoms with Crippen molar-refractivity contribution in [2.75, 3.05) is 0 Å². The third-order valence-electron chi connectivity index (χ3n) is 4.11. The summed E-state index contributed by atoms with van der Waals surface area (Å²) >= 11 is 0. The fourth-order valence-electron chi connectivity index (χ4n) is 2.83. The molecule has 0 spiro atoms. The number of nitrogens with one attached hydrogen (secondary N) is 2. The lowest BCUT2D eigenvalue weighted by molar-refractivity contribution is 0.0926. The molecule has 1 aromatic heterocycles. The van der Waals surface area contributed by atoms with Crippen molar-refractivity contribution >= 4 is 5.91 Å². The van der Waals surface area contributed by atoms with E-state index in [1.54, 1.807) is 6.07 Å². The summed E-state index contributed by atoms with van der Waals surface area (Å²) in [6, 6.07) is 3.20. The minimum Gasteiger partial charge on any atom is -0.349 e. The third-order valence-corrected chi connectivity index (χ3v) is 4.11. The Balaban J connectivity index is 2.00. The van der Waals surface area contributed by atoms with Gasteiger partial charge in [-0.1, -0.05) is 20.3 Å². The van der Waals surface area contributed by atoms with Gasteiger partial charge in [-0.3, -0.25) is 9.59 Å². The second-order valence-corrected chi connectivity index (χ2v) is 5.13. The highest BCUT2D eigenvalue weighted by Crippen LogP contribution is 2.33. The Hall–Kier alpha value is -1.58. The number of H-pyrrole nitrogens is 1. The molecule has 1 saturated carbocycles. The van der Waals surface area contributed by atoms with Crippen LogP contribution >= 0.6 is 0 Å². The van der Waals surface area contributed by atoms with E-state index in [2.05, 4.69) is 24.1 Å². The van der Waals surface area contributed by atoms with Gasteiger partial charge in [0, 0.05) is 18.3 Å². The summed E-state index contributed by atoms with van der Waals surface area (Å²) < 4.78 is 0. The molecule has 0 aliphatic heterocycles. The van der Waals surface area contributed by atoms with Crippen LogP contribution in [0.3, 0.4) is 0 Å². The summed E-state index contributed by atoms with van der Waals surface area (Å²) in [4.78, 5) is 25.5. The van der Waals surface area contributed by atoms with Gasteiger partial charge in [0.25, 0.3) is 5.91 Å². The van der Waals surface area contributed by atoms with E-state index in [1.165, 1.54) is 25.1 Å². The van der Waals surface area contributed by atoms with Crippen molar-refractivity contribution in [1.29, 1.82) is 0 Å². The predicted octanol–water partition coefficient (Wildman–Crippen LogP) is 1.93. The zero-order valence-electron chi connectivity index (χ0n) is 10.9. The van der Waals surface area contributed by atoms with Crippen molar-refractivity contribution in [3.63, 3.8) is 0 Å². The Morgan fingerprint density at radius 1 is 1.44 bits per heavy atom. The number of amides is 1. The van der Waals surface area contributed by atoms with Gasteiger partial charge >= 0.3 is 0 Å². The SMILES string of the molecule is CCC1CCC(NC(=O)c2ccc(=O)[nH]c2)C1C. The van der Waals surface area contributed by atoms with Crippen LogP contribution in [-0.2, 0) is 0 Å². The molecule has 4 heteroatoms. The van der Waals surface area contributed by atoms with Gasteiger partial charge in [0.05, 0.1) is 5.56 Å². The van der Waals surface area contributed by atoms with Crippen molar-refractivity contribution in [2.45, 2.75) is 39.2 Å². The molecule has 0 radical (unpaired) electrons. The zero-order chi connectivity index (χ0) is 13.1. The highest BCUT2D eigenvalue weighted by Gasteiger charge is 2.32. The molecule has 2 rings (SSSR count). The number of aromatic nitrogens is 1. The van der Waals surface area contributed by atoms with Gasteiger partial charge in [-0.2, -0.15) is 0 Å². The van der Waals surface area contributed by atoms with Gasteiger partial charge in [-0.15, -0.1) is 0 Å². The van der Waals surface area contributed by atoms with Gasteiger partial charge in [-0.05, 0) is 30.7 Å². The monoisotopic (exact) mass is 248 g/mol. The third kappa shape index (κ3) is 2.63. The van der Waals surface area contributed by atoms with E-state index in [1.807, 2.05) is 0 Å². The summed E-state index contributed by atoms with van der Waals surface area (Å²) in [6.07, 6.45) is 4.88. The van der Waals surface area contributed by atoms with E-state index >= 15 is 0 Å². The number of pyridine rings is 1. The van der Waals surface area contributed by atoms with E-state index in [4.69, 9.17) is 0 Å². The molecule has 0 aromatic carbocycles. The molecule has 1 fully saturated rings. The molecule has 0 saturated heterocycles. The number of hydrogen-bond donors (Lipinski definition) is 2. The van der Waals surface area contributed by atoms with Crippen molar-refractivity contribution in [3.8, 4) is 0 Å². The Morgan fingerprint density at radius 2 is 2.22 bits per heavy atom. The van der Waals surface area contributed by atoms with E-state index in [9.17, 15) is 9.59 Å². The normalized spacial score (nSPS) is 27.1. The fourth-order valence-corrected chi connectivity index (χ4v) is 2.83. The molecule has 4 nitrogen and oxygen atoms in total. The van der Waals surface area contributed by atoms with Crippen LogP contribution in [0, 0.1) is 11.8 Å². The Labute approximate surface area is 107 Å². The van der Waals surface area contributed by atoms with Crippen LogP contribution in [0.2, 0.25) is 0 Å². The first-order valence-electron chi connectivity index (χ1n) is 6.61. The Bertz CT molecular complexity index is 460. The molecule has 3 unspecified atom stereocenters. The molecule has 98 valence electrons. The zero-order valence-corrected chi connectivity index (χ0v) is 10.9. The molecule has 1 amide bonds. The molecule has 1 heterocycles. The smallest absolute Gasteiger partial charge is 0.252 e. The van der Waals surface area contributed by atoms with E-state index in [-0.39, 0.29) is 17.5 Å². The van der Waals surface area contributed by atoms with Crippen LogP contribution in [0.15, 0.2) is 23.1 Å². The fraction of sp³-hybridized carbons (Fsp3) is 0.571. The maximum Gasteiger partial charge on any atom is 0.252 e. The van der Waals surface area contributed by atoms with Gasteiger partial charge in [0.2, 0.25) is 5.56 Å². The highest BCUT2D eigenvalue weighted by atomic mass is 16.2. The van der Waals surface area contributed by atoms with Crippen LogP contribution in [0.4, 0.5) is 0 Å². The maximum atomic E-state index is 12.0. The van der Waals surface area contributed by atoms with Gasteiger partial charge in [0.15, 0.2) is 0 Å². The summed E-state index contributed by atoms with van der Waals surface area (Å²) in [5.41, 5.74) is 0.327. The molecule has 1 aromatic rings.